The van der Waals surface area contributed by atoms with Gasteiger partial charge in [0.25, 0.3) is 0 Å². The molecule has 2 aromatic rings. The summed E-state index contributed by atoms with van der Waals surface area (Å²) in [5.41, 5.74) is 10.0. The van der Waals surface area contributed by atoms with Crippen LogP contribution in [-0.2, 0) is 9.53 Å². The van der Waals surface area contributed by atoms with Crippen LogP contribution in [0.3, 0.4) is 0 Å². The quantitative estimate of drug-likeness (QED) is 0.193. The molecule has 0 aliphatic carbocycles. The van der Waals surface area contributed by atoms with Gasteiger partial charge in [-0.3, -0.25) is 0 Å². The van der Waals surface area contributed by atoms with Gasteiger partial charge >= 0.3 is 138 Å². The summed E-state index contributed by atoms with van der Waals surface area (Å²) in [6, 6.07) is 7.59. The molecule has 0 unspecified atom stereocenters. The maximum atomic E-state index is 11.7. The SMILES string of the molecule is CCOC(=O)/C(=C/c1c[se]c(-c2ccc(OC)cc2)n1)N=[N+]=[N-]. The van der Waals surface area contributed by atoms with Crippen LogP contribution in [0.5, 0.6) is 5.75 Å². The van der Waals surface area contributed by atoms with Gasteiger partial charge in [0, 0.05) is 0 Å². The second kappa shape index (κ2) is 8.19. The second-order valence-electron chi connectivity index (χ2n) is 4.25. The molecule has 2 rings (SSSR count). The summed E-state index contributed by atoms with van der Waals surface area (Å²) in [4.78, 5) is 20.7. The van der Waals surface area contributed by atoms with Crippen LogP contribution < -0.4 is 4.74 Å². The van der Waals surface area contributed by atoms with Gasteiger partial charge in [-0.25, -0.2) is 0 Å². The summed E-state index contributed by atoms with van der Waals surface area (Å²) in [6.45, 7) is 1.89. The summed E-state index contributed by atoms with van der Waals surface area (Å²) < 4.78 is 10.9. The van der Waals surface area contributed by atoms with Gasteiger partial charge < -0.3 is 0 Å². The minimum atomic E-state index is -0.660. The third kappa shape index (κ3) is 4.47. The topological polar surface area (TPSA) is 97.2 Å². The van der Waals surface area contributed by atoms with Crippen LogP contribution >= 0.6 is 0 Å². The van der Waals surface area contributed by atoms with Crippen LogP contribution in [0.4, 0.5) is 0 Å². The van der Waals surface area contributed by atoms with Crippen molar-refractivity contribution in [2.24, 2.45) is 5.11 Å². The van der Waals surface area contributed by atoms with Crippen LogP contribution in [0.1, 0.15) is 12.6 Å². The number of esters is 1. The van der Waals surface area contributed by atoms with E-state index < -0.39 is 5.97 Å². The molecule has 0 aliphatic rings. The van der Waals surface area contributed by atoms with Crippen LogP contribution in [0.25, 0.3) is 26.7 Å². The Kier molecular flexibility index (Phi) is 6.00. The summed E-state index contributed by atoms with van der Waals surface area (Å²) in [5.74, 6) is 0.118. The summed E-state index contributed by atoms with van der Waals surface area (Å²) in [7, 11) is 1.61. The first-order valence-electron chi connectivity index (χ1n) is 6.71. The number of hydrogen-bond donors (Lipinski definition) is 0. The van der Waals surface area contributed by atoms with E-state index in [0.29, 0.717) is 5.69 Å². The maximum absolute atomic E-state index is 11.7. The molecule has 0 N–H and O–H groups in total. The minimum absolute atomic E-state index is 0.0382. The predicted octanol–water partition coefficient (Wildman–Crippen LogP) is 3.03. The summed E-state index contributed by atoms with van der Waals surface area (Å²) >= 11 is 0.0382. The first-order chi connectivity index (χ1) is 11.2. The number of carbonyl (C=O) groups excluding carboxylic acids is 1. The number of aromatic nitrogens is 1. The van der Waals surface area contributed by atoms with Crippen molar-refractivity contribution >= 4 is 26.5 Å². The molecule has 1 aromatic carbocycles. The average Bonchev–Trinajstić information content (AvgIpc) is 3.03. The molecule has 1 aromatic heterocycles. The Bertz CT molecular complexity index is 761. The molecule has 0 amide bonds. The molecule has 0 saturated carbocycles. The van der Waals surface area contributed by atoms with Crippen LogP contribution in [0.15, 0.2) is 40.0 Å². The zero-order valence-corrected chi connectivity index (χ0v) is 14.3. The number of carbonyl (C=O) groups is 1. The Balaban J connectivity index is 2.27. The molecular weight excluding hydrogens is 363 g/mol. The zero-order valence-electron chi connectivity index (χ0n) is 12.6. The van der Waals surface area contributed by atoms with Crippen molar-refractivity contribution in [2.75, 3.05) is 13.7 Å². The summed E-state index contributed by atoms with van der Waals surface area (Å²) in [6.07, 6.45) is 1.44. The number of nitrogens with zero attached hydrogens (tertiary/aromatic N) is 4. The van der Waals surface area contributed by atoms with Crippen molar-refractivity contribution in [1.29, 1.82) is 0 Å². The van der Waals surface area contributed by atoms with Crippen molar-refractivity contribution < 1.29 is 14.3 Å². The first kappa shape index (κ1) is 16.8. The van der Waals surface area contributed by atoms with Gasteiger partial charge in [-0.15, -0.1) is 0 Å². The number of azide groups is 1. The van der Waals surface area contributed by atoms with E-state index in [1.165, 1.54) is 6.08 Å². The van der Waals surface area contributed by atoms with E-state index in [1.807, 2.05) is 29.2 Å². The molecule has 0 fully saturated rings. The monoisotopic (exact) mass is 378 g/mol. The molecule has 0 aliphatic heterocycles. The Morgan fingerprint density at radius 1 is 1.43 bits per heavy atom. The Labute approximate surface area is 138 Å². The van der Waals surface area contributed by atoms with E-state index >= 15 is 0 Å². The fraction of sp³-hybridized carbons (Fsp3) is 0.200. The molecule has 118 valence electrons. The second-order valence-corrected chi connectivity index (χ2v) is 6.05. The third-order valence-corrected chi connectivity index (χ3v) is 4.69. The standard InChI is InChI=1S/C15H14N4O3Se/c1-3-22-15(20)13(18-19-16)8-11-9-23-14(17-11)10-4-6-12(21-2)7-5-10/h4-9H,3H2,1-2H3/b13-8-. The van der Waals surface area contributed by atoms with Gasteiger partial charge in [0.05, 0.1) is 0 Å². The molecule has 8 heteroatoms. The molecule has 0 bridgehead atoms. The van der Waals surface area contributed by atoms with E-state index in [0.717, 1.165) is 15.9 Å². The molecule has 7 nitrogen and oxygen atoms in total. The third-order valence-electron chi connectivity index (χ3n) is 2.78. The van der Waals surface area contributed by atoms with Gasteiger partial charge in [0.1, 0.15) is 0 Å². The van der Waals surface area contributed by atoms with Gasteiger partial charge in [0.2, 0.25) is 0 Å². The fourth-order valence-electron chi connectivity index (χ4n) is 1.74. The molecule has 0 saturated heterocycles. The van der Waals surface area contributed by atoms with Crippen molar-refractivity contribution in [2.45, 2.75) is 6.92 Å². The Morgan fingerprint density at radius 2 is 2.17 bits per heavy atom. The Morgan fingerprint density at radius 3 is 2.78 bits per heavy atom. The number of hydrogen-bond acceptors (Lipinski definition) is 5. The average molecular weight is 377 g/mol. The van der Waals surface area contributed by atoms with Gasteiger partial charge in [-0.05, 0) is 0 Å². The zero-order chi connectivity index (χ0) is 16.7. The molecule has 23 heavy (non-hydrogen) atoms. The van der Waals surface area contributed by atoms with Crippen molar-refractivity contribution in [3.8, 4) is 15.9 Å². The van der Waals surface area contributed by atoms with Gasteiger partial charge in [-0.2, -0.15) is 0 Å². The van der Waals surface area contributed by atoms with E-state index in [4.69, 9.17) is 15.0 Å². The number of benzene rings is 1. The van der Waals surface area contributed by atoms with Crippen molar-refractivity contribution in [3.05, 3.63) is 51.0 Å². The fourth-order valence-corrected chi connectivity index (χ4v) is 3.38. The van der Waals surface area contributed by atoms with Crippen LogP contribution in [0.2, 0.25) is 0 Å². The number of ether oxygens (including phenoxy) is 2. The molecule has 0 atom stereocenters. The Hall–Kier alpha value is -2.53. The number of rotatable bonds is 6. The van der Waals surface area contributed by atoms with Crippen molar-refractivity contribution in [1.82, 2.24) is 4.98 Å². The van der Waals surface area contributed by atoms with Gasteiger partial charge in [0.15, 0.2) is 0 Å². The normalized spacial score (nSPS) is 10.8. The van der Waals surface area contributed by atoms with Crippen molar-refractivity contribution in [3.63, 3.8) is 0 Å². The van der Waals surface area contributed by atoms with E-state index in [2.05, 4.69) is 15.0 Å². The predicted molar refractivity (Wildman–Crippen MR) is 86.9 cm³/mol. The van der Waals surface area contributed by atoms with Crippen LogP contribution in [-0.4, -0.2) is 39.2 Å². The van der Waals surface area contributed by atoms with Gasteiger partial charge in [-0.1, -0.05) is 0 Å². The van der Waals surface area contributed by atoms with E-state index in [1.54, 1.807) is 14.0 Å². The number of methoxy groups -OCH3 is 1. The van der Waals surface area contributed by atoms with E-state index in [-0.39, 0.29) is 26.8 Å². The first-order valence-corrected chi connectivity index (χ1v) is 8.56. The summed E-state index contributed by atoms with van der Waals surface area (Å²) in [5, 5.41) is 3.37. The molecule has 0 radical (unpaired) electrons. The molecule has 0 spiro atoms. The van der Waals surface area contributed by atoms with Crippen LogP contribution in [0, 0.1) is 0 Å². The molecule has 1 heterocycles. The molecular formula is C15H14N4O3Se. The van der Waals surface area contributed by atoms with E-state index in [9.17, 15) is 4.79 Å².